The molecule has 0 radical (unpaired) electrons. The molecule has 0 spiro atoms. The first-order valence-electron chi connectivity index (χ1n) is 4.70. The van der Waals surface area contributed by atoms with Crippen molar-refractivity contribution in [2.45, 2.75) is 4.90 Å². The summed E-state index contributed by atoms with van der Waals surface area (Å²) in [6, 6.07) is 4.33. The number of carboxylic acids is 1. The zero-order chi connectivity index (χ0) is 12.8. The number of hydrogen-bond acceptors (Lipinski definition) is 4. The van der Waals surface area contributed by atoms with Crippen LogP contribution in [0.1, 0.15) is 10.6 Å². The van der Waals surface area contributed by atoms with Crippen molar-refractivity contribution in [1.82, 2.24) is 9.55 Å². The Balaban J connectivity index is 2.78. The van der Waals surface area contributed by atoms with Crippen molar-refractivity contribution in [3.05, 3.63) is 24.0 Å². The lowest BCUT2D eigenvalue weighted by molar-refractivity contribution is 0.0680. The highest BCUT2D eigenvalue weighted by Crippen LogP contribution is 2.19. The predicted molar refractivity (Wildman–Crippen MR) is 60.8 cm³/mol. The van der Waals surface area contributed by atoms with Gasteiger partial charge in [-0.2, -0.15) is 0 Å². The number of aromatic carboxylic acids is 1. The third-order valence-electron chi connectivity index (χ3n) is 2.47. The minimum atomic E-state index is -3.31. The van der Waals surface area contributed by atoms with E-state index in [0.29, 0.717) is 11.0 Å². The van der Waals surface area contributed by atoms with Gasteiger partial charge in [0.1, 0.15) is 0 Å². The van der Waals surface area contributed by atoms with E-state index in [-0.39, 0.29) is 10.7 Å². The van der Waals surface area contributed by atoms with Crippen molar-refractivity contribution in [3.63, 3.8) is 0 Å². The highest BCUT2D eigenvalue weighted by atomic mass is 32.2. The molecule has 0 saturated heterocycles. The zero-order valence-electron chi connectivity index (χ0n) is 9.21. The van der Waals surface area contributed by atoms with Gasteiger partial charge in [-0.1, -0.05) is 0 Å². The van der Waals surface area contributed by atoms with Gasteiger partial charge in [-0.25, -0.2) is 18.2 Å². The van der Waals surface area contributed by atoms with Gasteiger partial charge < -0.3 is 9.67 Å². The van der Waals surface area contributed by atoms with Crippen LogP contribution >= 0.6 is 0 Å². The Morgan fingerprint density at radius 3 is 2.59 bits per heavy atom. The van der Waals surface area contributed by atoms with E-state index in [1.807, 2.05) is 0 Å². The summed E-state index contributed by atoms with van der Waals surface area (Å²) in [5.41, 5.74) is 0.933. The third-order valence-corrected chi connectivity index (χ3v) is 3.58. The quantitative estimate of drug-likeness (QED) is 0.851. The number of carboxylic acid groups (broad SMARTS) is 1. The smallest absolute Gasteiger partial charge is 0.372 e. The van der Waals surface area contributed by atoms with Gasteiger partial charge in [0, 0.05) is 13.3 Å². The molecule has 0 atom stereocenters. The first-order valence-corrected chi connectivity index (χ1v) is 6.59. The summed E-state index contributed by atoms with van der Waals surface area (Å²) in [6.45, 7) is 0. The van der Waals surface area contributed by atoms with E-state index >= 15 is 0 Å². The van der Waals surface area contributed by atoms with E-state index in [0.717, 1.165) is 6.26 Å². The maximum absolute atomic E-state index is 11.4. The Morgan fingerprint density at radius 1 is 1.41 bits per heavy atom. The van der Waals surface area contributed by atoms with Crippen molar-refractivity contribution in [3.8, 4) is 0 Å². The van der Waals surface area contributed by atoms with Crippen molar-refractivity contribution in [1.29, 1.82) is 0 Å². The molecular formula is C10H10N2O4S. The molecule has 0 unspecified atom stereocenters. The summed E-state index contributed by atoms with van der Waals surface area (Å²) in [6.07, 6.45) is 1.10. The van der Waals surface area contributed by atoms with Gasteiger partial charge in [0.25, 0.3) is 0 Å². The highest BCUT2D eigenvalue weighted by molar-refractivity contribution is 7.90. The molecular weight excluding hydrogens is 244 g/mol. The molecule has 90 valence electrons. The van der Waals surface area contributed by atoms with E-state index < -0.39 is 15.8 Å². The van der Waals surface area contributed by atoms with Gasteiger partial charge >= 0.3 is 5.97 Å². The first kappa shape index (κ1) is 11.6. The second-order valence-electron chi connectivity index (χ2n) is 3.72. The number of benzene rings is 1. The average molecular weight is 254 g/mol. The van der Waals surface area contributed by atoms with Crippen LogP contribution in [0.2, 0.25) is 0 Å². The molecule has 6 nitrogen and oxygen atoms in total. The van der Waals surface area contributed by atoms with Crippen LogP contribution in [0, 0.1) is 0 Å². The van der Waals surface area contributed by atoms with E-state index in [9.17, 15) is 13.2 Å². The molecule has 0 amide bonds. The summed E-state index contributed by atoms with van der Waals surface area (Å²) < 4.78 is 24.1. The molecule has 1 heterocycles. The van der Waals surface area contributed by atoms with E-state index in [1.165, 1.54) is 29.8 Å². The molecule has 0 aliphatic carbocycles. The molecule has 1 aromatic heterocycles. The molecule has 0 aliphatic heterocycles. The number of rotatable bonds is 2. The lowest BCUT2D eigenvalue weighted by Gasteiger charge is -2.00. The summed E-state index contributed by atoms with van der Waals surface area (Å²) in [4.78, 5) is 14.9. The standard InChI is InChI=1S/C10H10N2O4S/c1-12-8-5-6(17(2,15)16)3-4-7(8)11-9(12)10(13)14/h3-5H,1-2H3,(H,13,14). The summed E-state index contributed by atoms with van der Waals surface area (Å²) in [7, 11) is -1.78. The Morgan fingerprint density at radius 2 is 2.06 bits per heavy atom. The largest absolute Gasteiger partial charge is 0.475 e. The van der Waals surface area contributed by atoms with E-state index in [1.54, 1.807) is 0 Å². The van der Waals surface area contributed by atoms with E-state index in [2.05, 4.69) is 4.98 Å². The number of hydrogen-bond donors (Lipinski definition) is 1. The maximum atomic E-state index is 11.4. The maximum Gasteiger partial charge on any atom is 0.372 e. The fourth-order valence-electron chi connectivity index (χ4n) is 1.59. The van der Waals surface area contributed by atoms with Gasteiger partial charge in [0.2, 0.25) is 5.82 Å². The monoisotopic (exact) mass is 254 g/mol. The minimum Gasteiger partial charge on any atom is -0.475 e. The van der Waals surface area contributed by atoms with Crippen molar-refractivity contribution < 1.29 is 18.3 Å². The van der Waals surface area contributed by atoms with Gasteiger partial charge in [-0.15, -0.1) is 0 Å². The summed E-state index contributed by atoms with van der Waals surface area (Å²) >= 11 is 0. The summed E-state index contributed by atoms with van der Waals surface area (Å²) in [5.74, 6) is -1.27. The molecule has 2 aromatic rings. The molecule has 1 aromatic carbocycles. The molecule has 1 N–H and O–H groups in total. The van der Waals surface area contributed by atoms with Gasteiger partial charge in [-0.3, -0.25) is 0 Å². The SMILES string of the molecule is Cn1c(C(=O)O)nc2ccc(S(C)(=O)=O)cc21. The zero-order valence-corrected chi connectivity index (χ0v) is 10.0. The fraction of sp³-hybridized carbons (Fsp3) is 0.200. The molecule has 2 rings (SSSR count). The summed E-state index contributed by atoms with van der Waals surface area (Å²) in [5, 5.41) is 8.89. The Bertz CT molecular complexity index is 715. The number of sulfone groups is 1. The lowest BCUT2D eigenvalue weighted by atomic mass is 10.3. The van der Waals surface area contributed by atoms with E-state index in [4.69, 9.17) is 5.11 Å². The predicted octanol–water partition coefficient (Wildman–Crippen LogP) is 0.675. The first-order chi connectivity index (χ1) is 7.80. The second-order valence-corrected chi connectivity index (χ2v) is 5.74. The average Bonchev–Trinajstić information content (AvgIpc) is 2.54. The fourth-order valence-corrected chi connectivity index (χ4v) is 2.23. The minimum absolute atomic E-state index is 0.120. The number of aromatic nitrogens is 2. The third kappa shape index (κ3) is 1.89. The molecule has 0 saturated carbocycles. The van der Waals surface area contributed by atoms with Crippen molar-refractivity contribution >= 4 is 26.8 Å². The van der Waals surface area contributed by atoms with Gasteiger partial charge in [0.15, 0.2) is 9.84 Å². The van der Waals surface area contributed by atoms with Crippen LogP contribution in [-0.2, 0) is 16.9 Å². The number of carbonyl (C=O) groups is 1. The normalized spacial score (nSPS) is 11.9. The van der Waals surface area contributed by atoms with Crippen molar-refractivity contribution in [2.24, 2.45) is 7.05 Å². The lowest BCUT2D eigenvalue weighted by Crippen LogP contribution is -2.05. The van der Waals surface area contributed by atoms with Crippen LogP contribution < -0.4 is 0 Å². The molecule has 0 fully saturated rings. The molecule has 17 heavy (non-hydrogen) atoms. The topological polar surface area (TPSA) is 89.3 Å². The Kier molecular flexibility index (Phi) is 2.43. The number of nitrogens with zero attached hydrogens (tertiary/aromatic N) is 2. The van der Waals surface area contributed by atoms with Crippen LogP contribution in [0.15, 0.2) is 23.1 Å². The molecule has 0 bridgehead atoms. The van der Waals surface area contributed by atoms with Gasteiger partial charge in [0.05, 0.1) is 15.9 Å². The van der Waals surface area contributed by atoms with Crippen molar-refractivity contribution in [2.75, 3.05) is 6.26 Å². The molecule has 0 aliphatic rings. The molecule has 7 heteroatoms. The second kappa shape index (κ2) is 3.56. The van der Waals surface area contributed by atoms with Crippen LogP contribution in [0.3, 0.4) is 0 Å². The number of imidazole rings is 1. The Hall–Kier alpha value is -1.89. The highest BCUT2D eigenvalue weighted by Gasteiger charge is 2.16. The van der Waals surface area contributed by atoms with Crippen LogP contribution in [0.5, 0.6) is 0 Å². The number of aryl methyl sites for hydroxylation is 1. The van der Waals surface area contributed by atoms with Gasteiger partial charge in [-0.05, 0) is 18.2 Å². The number of fused-ring (bicyclic) bond motifs is 1. The van der Waals surface area contributed by atoms with Crippen LogP contribution in [-0.4, -0.2) is 35.3 Å². The van der Waals surface area contributed by atoms with Crippen LogP contribution in [0.25, 0.3) is 11.0 Å². The Labute approximate surface area is 97.4 Å². The van der Waals surface area contributed by atoms with Crippen LogP contribution in [0.4, 0.5) is 0 Å².